The highest BCUT2D eigenvalue weighted by Gasteiger charge is 2.00. The monoisotopic (exact) mass is 257 g/mol. The van der Waals surface area contributed by atoms with Gasteiger partial charge in [0.15, 0.2) is 0 Å². The summed E-state index contributed by atoms with van der Waals surface area (Å²) in [7, 11) is 0. The highest BCUT2D eigenvalue weighted by Crippen LogP contribution is 2.12. The third-order valence-corrected chi connectivity index (χ3v) is 2.68. The number of ether oxygens (including phenoxy) is 1. The summed E-state index contributed by atoms with van der Waals surface area (Å²) in [6.45, 7) is 7.84. The number of hydrogen-bond donors (Lipinski definition) is 1. The van der Waals surface area contributed by atoms with E-state index in [-0.39, 0.29) is 0 Å². The van der Waals surface area contributed by atoms with Gasteiger partial charge in [0.05, 0.1) is 6.54 Å². The van der Waals surface area contributed by atoms with Gasteiger partial charge in [-0.1, -0.05) is 18.2 Å². The second-order valence-electron chi connectivity index (χ2n) is 4.28. The molecule has 2 aromatic rings. The fraction of sp³-hybridized carbons (Fsp3) is 0.267. The number of aryl methyl sites for hydroxylation is 1. The van der Waals surface area contributed by atoms with E-state index < -0.39 is 0 Å². The lowest BCUT2D eigenvalue weighted by atomic mass is 10.2. The van der Waals surface area contributed by atoms with Crippen molar-refractivity contribution < 1.29 is 4.74 Å². The van der Waals surface area contributed by atoms with Crippen molar-refractivity contribution in [1.29, 1.82) is 0 Å². The quantitative estimate of drug-likeness (QED) is 0.612. The zero-order chi connectivity index (χ0) is 13.5. The van der Waals surface area contributed by atoms with Crippen LogP contribution in [0.4, 0.5) is 5.95 Å². The molecule has 0 aliphatic carbocycles. The lowest BCUT2D eigenvalue weighted by Gasteiger charge is -2.09. The Hall–Kier alpha value is -2.23. The van der Waals surface area contributed by atoms with Gasteiger partial charge in [-0.05, 0) is 24.6 Å². The van der Waals surface area contributed by atoms with Gasteiger partial charge in [-0.25, -0.2) is 4.98 Å². The molecule has 0 radical (unpaired) electrons. The Morgan fingerprint density at radius 3 is 3.16 bits per heavy atom. The molecule has 2 rings (SSSR count). The van der Waals surface area contributed by atoms with Gasteiger partial charge in [-0.3, -0.25) is 0 Å². The predicted molar refractivity (Wildman–Crippen MR) is 77.6 cm³/mol. The molecule has 1 aromatic heterocycles. The van der Waals surface area contributed by atoms with Crippen LogP contribution in [0.5, 0.6) is 5.75 Å². The van der Waals surface area contributed by atoms with Crippen LogP contribution in [-0.2, 0) is 6.54 Å². The third-order valence-electron chi connectivity index (χ3n) is 2.68. The first-order valence-corrected chi connectivity index (χ1v) is 6.35. The average molecular weight is 257 g/mol. The summed E-state index contributed by atoms with van der Waals surface area (Å²) in [4.78, 5) is 4.24. The van der Waals surface area contributed by atoms with Crippen LogP contribution in [0.2, 0.25) is 0 Å². The van der Waals surface area contributed by atoms with E-state index in [2.05, 4.69) is 29.9 Å². The molecule has 0 saturated heterocycles. The minimum atomic E-state index is 0.602. The van der Waals surface area contributed by atoms with Crippen molar-refractivity contribution in [2.75, 3.05) is 18.5 Å². The minimum Gasteiger partial charge on any atom is -0.492 e. The molecular weight excluding hydrogens is 238 g/mol. The van der Waals surface area contributed by atoms with Gasteiger partial charge in [-0.15, -0.1) is 6.58 Å². The molecule has 1 heterocycles. The highest BCUT2D eigenvalue weighted by atomic mass is 16.5. The molecule has 4 heteroatoms. The summed E-state index contributed by atoms with van der Waals surface area (Å²) < 4.78 is 7.66. The van der Waals surface area contributed by atoms with E-state index in [4.69, 9.17) is 4.74 Å². The predicted octanol–water partition coefficient (Wildman–Crippen LogP) is 2.87. The maximum absolute atomic E-state index is 5.67. The minimum absolute atomic E-state index is 0.602. The van der Waals surface area contributed by atoms with E-state index in [0.717, 1.165) is 18.2 Å². The molecule has 19 heavy (non-hydrogen) atoms. The molecule has 0 unspecified atom stereocenters. The Kier molecular flexibility index (Phi) is 4.61. The second kappa shape index (κ2) is 6.64. The number of nitrogens with one attached hydrogen (secondary N) is 1. The summed E-state index contributed by atoms with van der Waals surface area (Å²) in [5.74, 6) is 1.74. The van der Waals surface area contributed by atoms with Crippen molar-refractivity contribution in [1.82, 2.24) is 9.55 Å². The number of imidazole rings is 1. The Morgan fingerprint density at radius 2 is 2.37 bits per heavy atom. The molecule has 1 N–H and O–H groups in total. The van der Waals surface area contributed by atoms with Crippen molar-refractivity contribution in [3.8, 4) is 5.75 Å². The van der Waals surface area contributed by atoms with Gasteiger partial charge in [0.1, 0.15) is 12.4 Å². The van der Waals surface area contributed by atoms with Gasteiger partial charge < -0.3 is 14.6 Å². The third kappa shape index (κ3) is 3.88. The first-order valence-electron chi connectivity index (χ1n) is 6.35. The Labute approximate surface area is 113 Å². The first kappa shape index (κ1) is 13.2. The Balaban J connectivity index is 1.77. The standard InChI is InChI=1S/C15H19N3O/c1-3-9-18-10-7-16-15(18)17-8-11-19-14-6-4-5-13(2)12-14/h3-7,10,12H,1,8-9,11H2,2H3,(H,16,17). The number of rotatable bonds is 7. The van der Waals surface area contributed by atoms with Crippen molar-refractivity contribution in [3.63, 3.8) is 0 Å². The molecule has 0 spiro atoms. The zero-order valence-corrected chi connectivity index (χ0v) is 11.2. The van der Waals surface area contributed by atoms with Crippen LogP contribution in [-0.4, -0.2) is 22.7 Å². The van der Waals surface area contributed by atoms with Crippen molar-refractivity contribution in [2.24, 2.45) is 0 Å². The number of benzene rings is 1. The van der Waals surface area contributed by atoms with Gasteiger partial charge in [0.2, 0.25) is 5.95 Å². The topological polar surface area (TPSA) is 39.1 Å². The van der Waals surface area contributed by atoms with Crippen molar-refractivity contribution in [3.05, 3.63) is 54.9 Å². The average Bonchev–Trinajstić information content (AvgIpc) is 2.83. The van der Waals surface area contributed by atoms with Crippen LogP contribution in [0.25, 0.3) is 0 Å². The fourth-order valence-electron chi connectivity index (χ4n) is 1.80. The molecule has 0 atom stereocenters. The largest absolute Gasteiger partial charge is 0.492 e. The molecule has 0 amide bonds. The zero-order valence-electron chi connectivity index (χ0n) is 11.2. The normalized spacial score (nSPS) is 10.2. The summed E-state index contributed by atoms with van der Waals surface area (Å²) in [6, 6.07) is 8.04. The summed E-state index contributed by atoms with van der Waals surface area (Å²) >= 11 is 0. The number of aromatic nitrogens is 2. The van der Waals surface area contributed by atoms with Crippen LogP contribution in [0.3, 0.4) is 0 Å². The first-order chi connectivity index (χ1) is 9.29. The maximum atomic E-state index is 5.67. The Morgan fingerprint density at radius 1 is 1.47 bits per heavy atom. The number of allylic oxidation sites excluding steroid dienone is 1. The molecule has 4 nitrogen and oxygen atoms in total. The maximum Gasteiger partial charge on any atom is 0.203 e. The SMILES string of the molecule is C=CCn1ccnc1NCCOc1cccc(C)c1. The van der Waals surface area contributed by atoms with Crippen molar-refractivity contribution >= 4 is 5.95 Å². The van der Waals surface area contributed by atoms with E-state index >= 15 is 0 Å². The number of nitrogens with zero attached hydrogens (tertiary/aromatic N) is 2. The lowest BCUT2D eigenvalue weighted by molar-refractivity contribution is 0.332. The van der Waals surface area contributed by atoms with Gasteiger partial charge in [0.25, 0.3) is 0 Å². The molecule has 0 aliphatic rings. The highest BCUT2D eigenvalue weighted by molar-refractivity contribution is 5.28. The Bertz CT molecular complexity index is 534. The van der Waals surface area contributed by atoms with Gasteiger partial charge >= 0.3 is 0 Å². The van der Waals surface area contributed by atoms with Crippen molar-refractivity contribution in [2.45, 2.75) is 13.5 Å². The van der Waals surface area contributed by atoms with E-state index in [0.29, 0.717) is 13.2 Å². The molecule has 0 aliphatic heterocycles. The van der Waals surface area contributed by atoms with Crippen LogP contribution < -0.4 is 10.1 Å². The van der Waals surface area contributed by atoms with E-state index in [1.807, 2.05) is 35.0 Å². The molecule has 1 aromatic carbocycles. The summed E-state index contributed by atoms with van der Waals surface area (Å²) in [5.41, 5.74) is 1.20. The molecule has 100 valence electrons. The van der Waals surface area contributed by atoms with E-state index in [1.165, 1.54) is 5.56 Å². The molecular formula is C15H19N3O. The summed E-state index contributed by atoms with van der Waals surface area (Å²) in [6.07, 6.45) is 5.54. The summed E-state index contributed by atoms with van der Waals surface area (Å²) in [5, 5.41) is 3.24. The van der Waals surface area contributed by atoms with Crippen LogP contribution >= 0.6 is 0 Å². The van der Waals surface area contributed by atoms with Crippen LogP contribution in [0.15, 0.2) is 49.3 Å². The number of anilines is 1. The van der Waals surface area contributed by atoms with Gasteiger partial charge in [0, 0.05) is 18.9 Å². The molecule has 0 fully saturated rings. The molecule has 0 bridgehead atoms. The van der Waals surface area contributed by atoms with E-state index in [9.17, 15) is 0 Å². The van der Waals surface area contributed by atoms with Crippen LogP contribution in [0.1, 0.15) is 5.56 Å². The van der Waals surface area contributed by atoms with Gasteiger partial charge in [-0.2, -0.15) is 0 Å². The lowest BCUT2D eigenvalue weighted by Crippen LogP contribution is -2.14. The smallest absolute Gasteiger partial charge is 0.203 e. The molecule has 0 saturated carbocycles. The van der Waals surface area contributed by atoms with E-state index in [1.54, 1.807) is 6.20 Å². The van der Waals surface area contributed by atoms with Crippen LogP contribution in [0, 0.1) is 6.92 Å². The second-order valence-corrected chi connectivity index (χ2v) is 4.28. The number of hydrogen-bond acceptors (Lipinski definition) is 3. The fourth-order valence-corrected chi connectivity index (χ4v) is 1.80.